The Bertz CT molecular complexity index is 1100. The molecule has 0 aromatic heterocycles. The third-order valence-corrected chi connectivity index (χ3v) is 8.38. The summed E-state index contributed by atoms with van der Waals surface area (Å²) < 4.78 is 22.5. The Hall–Kier alpha value is -2.85. The van der Waals surface area contributed by atoms with E-state index in [0.29, 0.717) is 58.2 Å². The van der Waals surface area contributed by atoms with Crippen LogP contribution >= 0.6 is 0 Å². The maximum atomic E-state index is 14.0. The number of ether oxygens (including phenoxy) is 4. The fraction of sp³-hybridized carbons (Fsp3) is 0.735. The number of benzene rings is 1. The predicted molar refractivity (Wildman–Crippen MR) is 170 cm³/mol. The Balaban J connectivity index is 1.81. The summed E-state index contributed by atoms with van der Waals surface area (Å²) in [6.45, 7) is 15.8. The highest BCUT2D eigenvalue weighted by Gasteiger charge is 2.40. The molecular weight excluding hydrogens is 562 g/mol. The first-order valence-corrected chi connectivity index (χ1v) is 16.2. The molecule has 0 N–H and O–H groups in total. The Morgan fingerprint density at radius 1 is 1.09 bits per heavy atom. The molecule has 3 amide bonds. The SMILES string of the molecule is CCc1ccc(C(=O)N(C[C@@H]2CN(C(=O)OC(C)(C)C)C[C@H]2CN(C)C(=O)[C@@H]2CCCOC2)C(C)C)cc1OCCCOC. The quantitative estimate of drug-likeness (QED) is 0.291. The first-order chi connectivity index (χ1) is 20.8. The molecule has 0 spiro atoms. The lowest BCUT2D eigenvalue weighted by Crippen LogP contribution is -2.45. The second-order valence-electron chi connectivity index (χ2n) is 13.5. The molecule has 2 fully saturated rings. The third kappa shape index (κ3) is 10.1. The highest BCUT2D eigenvalue weighted by atomic mass is 16.6. The van der Waals surface area contributed by atoms with Crippen LogP contribution in [0.5, 0.6) is 5.75 Å². The zero-order valence-electron chi connectivity index (χ0n) is 28.2. The fourth-order valence-corrected chi connectivity index (χ4v) is 5.96. The van der Waals surface area contributed by atoms with Crippen molar-refractivity contribution in [2.45, 2.75) is 78.9 Å². The highest BCUT2D eigenvalue weighted by Crippen LogP contribution is 2.30. The van der Waals surface area contributed by atoms with Gasteiger partial charge in [-0.15, -0.1) is 0 Å². The number of methoxy groups -OCH3 is 1. The number of amides is 3. The molecule has 0 aliphatic carbocycles. The first-order valence-electron chi connectivity index (χ1n) is 16.2. The number of carbonyl (C=O) groups excluding carboxylic acids is 3. The monoisotopic (exact) mass is 617 g/mol. The summed E-state index contributed by atoms with van der Waals surface area (Å²) >= 11 is 0. The van der Waals surface area contributed by atoms with Gasteiger partial charge in [-0.3, -0.25) is 9.59 Å². The number of carbonyl (C=O) groups is 3. The van der Waals surface area contributed by atoms with E-state index in [9.17, 15) is 14.4 Å². The summed E-state index contributed by atoms with van der Waals surface area (Å²) in [5.41, 5.74) is 1.00. The van der Waals surface area contributed by atoms with Crippen molar-refractivity contribution in [1.82, 2.24) is 14.7 Å². The Morgan fingerprint density at radius 2 is 1.80 bits per heavy atom. The van der Waals surface area contributed by atoms with Gasteiger partial charge in [0.15, 0.2) is 0 Å². The molecule has 2 heterocycles. The average Bonchev–Trinajstić information content (AvgIpc) is 3.39. The number of nitrogens with zero attached hydrogens (tertiary/aromatic N) is 3. The predicted octanol–water partition coefficient (Wildman–Crippen LogP) is 4.88. The minimum absolute atomic E-state index is 0.0165. The van der Waals surface area contributed by atoms with Crippen LogP contribution in [0.4, 0.5) is 4.79 Å². The Labute approximate surface area is 264 Å². The molecule has 44 heavy (non-hydrogen) atoms. The van der Waals surface area contributed by atoms with E-state index in [1.54, 1.807) is 16.9 Å². The van der Waals surface area contributed by atoms with E-state index in [-0.39, 0.29) is 41.7 Å². The smallest absolute Gasteiger partial charge is 0.410 e. The molecule has 3 rings (SSSR count). The summed E-state index contributed by atoms with van der Waals surface area (Å²) in [6.07, 6.45) is 2.90. The number of hydrogen-bond donors (Lipinski definition) is 0. The van der Waals surface area contributed by atoms with Crippen LogP contribution in [0, 0.1) is 17.8 Å². The number of hydrogen-bond acceptors (Lipinski definition) is 7. The van der Waals surface area contributed by atoms with E-state index in [0.717, 1.165) is 37.0 Å². The van der Waals surface area contributed by atoms with Crippen molar-refractivity contribution in [3.8, 4) is 5.75 Å². The van der Waals surface area contributed by atoms with Gasteiger partial charge < -0.3 is 33.6 Å². The van der Waals surface area contributed by atoms with Crippen molar-refractivity contribution in [2.24, 2.45) is 17.8 Å². The van der Waals surface area contributed by atoms with Crippen LogP contribution in [0.25, 0.3) is 0 Å². The zero-order chi connectivity index (χ0) is 32.4. The second kappa shape index (κ2) is 16.5. The Kier molecular flexibility index (Phi) is 13.3. The van der Waals surface area contributed by atoms with Crippen LogP contribution in [0.3, 0.4) is 0 Å². The average molecular weight is 618 g/mol. The zero-order valence-corrected chi connectivity index (χ0v) is 28.2. The number of aryl methyl sites for hydroxylation is 1. The second-order valence-corrected chi connectivity index (χ2v) is 13.5. The van der Waals surface area contributed by atoms with E-state index in [1.807, 2.05) is 64.8 Å². The summed E-state index contributed by atoms with van der Waals surface area (Å²) in [6, 6.07) is 5.61. The maximum absolute atomic E-state index is 14.0. The fourth-order valence-electron chi connectivity index (χ4n) is 5.96. The van der Waals surface area contributed by atoms with Gasteiger partial charge in [-0.25, -0.2) is 4.79 Å². The molecular formula is C34H55N3O7. The largest absolute Gasteiger partial charge is 0.493 e. The molecule has 10 nitrogen and oxygen atoms in total. The standard InChI is InChI=1S/C34H55N3O7/c1-9-25-13-14-26(18-30(25)43-17-11-15-41-8)32(39)37(24(2)3)22-29-21-36(33(40)44-34(4,5)6)20-28(29)19-35(7)31(38)27-12-10-16-42-23-27/h13-14,18,24,27-29H,9-12,15-17,19-23H2,1-8H3/t27-,28-,29+/m1/s1. The van der Waals surface area contributed by atoms with Gasteiger partial charge in [0.2, 0.25) is 5.91 Å². The molecule has 0 saturated carbocycles. The van der Waals surface area contributed by atoms with Crippen LogP contribution in [0.2, 0.25) is 0 Å². The van der Waals surface area contributed by atoms with Crippen molar-refractivity contribution in [1.29, 1.82) is 0 Å². The van der Waals surface area contributed by atoms with Gasteiger partial charge in [0.05, 0.1) is 19.1 Å². The lowest BCUT2D eigenvalue weighted by atomic mass is 9.93. The summed E-state index contributed by atoms with van der Waals surface area (Å²) in [5.74, 6) is 0.525. The normalized spacial score (nSPS) is 20.5. The number of likely N-dealkylation sites (tertiary alicyclic amines) is 1. The summed E-state index contributed by atoms with van der Waals surface area (Å²) in [5, 5.41) is 0. The van der Waals surface area contributed by atoms with Crippen molar-refractivity contribution < 1.29 is 33.3 Å². The summed E-state index contributed by atoms with van der Waals surface area (Å²) in [7, 11) is 3.50. The maximum Gasteiger partial charge on any atom is 0.410 e. The highest BCUT2D eigenvalue weighted by molar-refractivity contribution is 5.95. The molecule has 2 aliphatic rings. The van der Waals surface area contributed by atoms with Crippen molar-refractivity contribution in [2.75, 3.05) is 66.8 Å². The van der Waals surface area contributed by atoms with Gasteiger partial charge in [0.25, 0.3) is 5.91 Å². The van der Waals surface area contributed by atoms with Crippen LogP contribution in [-0.4, -0.2) is 111 Å². The third-order valence-electron chi connectivity index (χ3n) is 8.38. The minimum Gasteiger partial charge on any atom is -0.493 e. The Morgan fingerprint density at radius 3 is 2.39 bits per heavy atom. The van der Waals surface area contributed by atoms with E-state index >= 15 is 0 Å². The first kappa shape index (κ1) is 35.6. The van der Waals surface area contributed by atoms with Gasteiger partial charge >= 0.3 is 6.09 Å². The molecule has 2 aliphatic heterocycles. The van der Waals surface area contributed by atoms with Gasteiger partial charge in [0.1, 0.15) is 11.4 Å². The molecule has 1 aromatic rings. The molecule has 3 atom stereocenters. The van der Waals surface area contributed by atoms with Crippen molar-refractivity contribution in [3.63, 3.8) is 0 Å². The lowest BCUT2D eigenvalue weighted by Gasteiger charge is -2.33. The lowest BCUT2D eigenvalue weighted by molar-refractivity contribution is -0.139. The van der Waals surface area contributed by atoms with Gasteiger partial charge in [-0.1, -0.05) is 13.0 Å². The van der Waals surface area contributed by atoms with Gasteiger partial charge in [-0.05, 0) is 71.6 Å². The van der Waals surface area contributed by atoms with E-state index in [4.69, 9.17) is 18.9 Å². The number of rotatable bonds is 13. The molecule has 0 radical (unpaired) electrons. The summed E-state index contributed by atoms with van der Waals surface area (Å²) in [4.78, 5) is 45.8. The molecule has 0 unspecified atom stereocenters. The topological polar surface area (TPSA) is 97.9 Å². The molecule has 1 aromatic carbocycles. The minimum atomic E-state index is -0.619. The molecule has 248 valence electrons. The molecule has 0 bridgehead atoms. The van der Waals surface area contributed by atoms with Gasteiger partial charge in [0, 0.05) is 83.4 Å². The van der Waals surface area contributed by atoms with Crippen LogP contribution in [0.1, 0.15) is 76.7 Å². The molecule has 2 saturated heterocycles. The van der Waals surface area contributed by atoms with Crippen LogP contribution in [0.15, 0.2) is 18.2 Å². The van der Waals surface area contributed by atoms with Crippen LogP contribution in [-0.2, 0) is 25.4 Å². The molecule has 10 heteroatoms. The van der Waals surface area contributed by atoms with E-state index in [1.165, 1.54) is 0 Å². The van der Waals surface area contributed by atoms with E-state index in [2.05, 4.69) is 6.92 Å². The van der Waals surface area contributed by atoms with Crippen molar-refractivity contribution in [3.05, 3.63) is 29.3 Å². The van der Waals surface area contributed by atoms with Crippen LogP contribution < -0.4 is 4.74 Å². The van der Waals surface area contributed by atoms with E-state index < -0.39 is 5.60 Å². The van der Waals surface area contributed by atoms with Crippen molar-refractivity contribution >= 4 is 17.9 Å². The van der Waals surface area contributed by atoms with Gasteiger partial charge in [-0.2, -0.15) is 0 Å².